The standard InChI is InChI=1S/C22H21N3O5S/c1-14(20(27)25-22-24-18(13-31-22)15-6-4-3-5-7-15)30-19(26)12-23-21(28)16-8-10-17(29-2)11-9-16/h3-11,13-14H,12H2,1-2H3,(H,23,28)(H,24,25,27). The number of rotatable bonds is 8. The summed E-state index contributed by atoms with van der Waals surface area (Å²) in [6.07, 6.45) is -1.05. The van der Waals surface area contributed by atoms with Crippen molar-refractivity contribution in [1.29, 1.82) is 0 Å². The molecule has 8 nitrogen and oxygen atoms in total. The summed E-state index contributed by atoms with van der Waals surface area (Å²) < 4.78 is 10.1. The molecule has 0 saturated carbocycles. The van der Waals surface area contributed by atoms with Gasteiger partial charge in [-0.05, 0) is 31.2 Å². The van der Waals surface area contributed by atoms with Crippen LogP contribution in [0.4, 0.5) is 5.13 Å². The number of thiazole rings is 1. The van der Waals surface area contributed by atoms with Gasteiger partial charge in [-0.3, -0.25) is 19.7 Å². The van der Waals surface area contributed by atoms with Gasteiger partial charge in [-0.15, -0.1) is 11.3 Å². The van der Waals surface area contributed by atoms with Gasteiger partial charge in [-0.25, -0.2) is 4.98 Å². The highest BCUT2D eigenvalue weighted by Gasteiger charge is 2.20. The van der Waals surface area contributed by atoms with Crippen LogP contribution in [-0.2, 0) is 14.3 Å². The van der Waals surface area contributed by atoms with E-state index in [0.717, 1.165) is 11.3 Å². The molecule has 0 saturated heterocycles. The summed E-state index contributed by atoms with van der Waals surface area (Å²) in [6, 6.07) is 16.0. The molecule has 9 heteroatoms. The average molecular weight is 439 g/mol. The molecule has 2 amide bonds. The number of carbonyl (C=O) groups excluding carboxylic acids is 3. The second-order valence-electron chi connectivity index (χ2n) is 6.44. The number of amides is 2. The number of hydrogen-bond donors (Lipinski definition) is 2. The van der Waals surface area contributed by atoms with E-state index in [0.29, 0.717) is 16.4 Å². The van der Waals surface area contributed by atoms with Crippen molar-refractivity contribution < 1.29 is 23.9 Å². The number of anilines is 1. The fourth-order valence-corrected chi connectivity index (χ4v) is 3.29. The van der Waals surface area contributed by atoms with E-state index in [2.05, 4.69) is 15.6 Å². The largest absolute Gasteiger partial charge is 0.497 e. The van der Waals surface area contributed by atoms with Crippen LogP contribution in [0.15, 0.2) is 60.0 Å². The van der Waals surface area contributed by atoms with Crippen molar-refractivity contribution in [3.05, 3.63) is 65.5 Å². The second-order valence-corrected chi connectivity index (χ2v) is 7.29. The molecular weight excluding hydrogens is 418 g/mol. The molecule has 0 aliphatic heterocycles. The lowest BCUT2D eigenvalue weighted by molar-refractivity contribution is -0.152. The number of nitrogens with zero attached hydrogens (tertiary/aromatic N) is 1. The minimum Gasteiger partial charge on any atom is -0.497 e. The second kappa shape index (κ2) is 10.4. The number of carbonyl (C=O) groups is 3. The Morgan fingerprint density at radius 1 is 1.06 bits per heavy atom. The Kier molecular flexibility index (Phi) is 7.34. The summed E-state index contributed by atoms with van der Waals surface area (Å²) in [5.74, 6) is -1.06. The van der Waals surface area contributed by atoms with Crippen LogP contribution < -0.4 is 15.4 Å². The molecule has 160 valence electrons. The fourth-order valence-electron chi connectivity index (χ4n) is 2.57. The summed E-state index contributed by atoms with van der Waals surface area (Å²) in [5.41, 5.74) is 2.05. The normalized spacial score (nSPS) is 11.3. The quantitative estimate of drug-likeness (QED) is 0.523. The maximum absolute atomic E-state index is 12.3. The first-order chi connectivity index (χ1) is 15.0. The summed E-state index contributed by atoms with van der Waals surface area (Å²) in [4.78, 5) is 40.7. The zero-order valence-corrected chi connectivity index (χ0v) is 17.8. The molecule has 31 heavy (non-hydrogen) atoms. The van der Waals surface area contributed by atoms with Crippen LogP contribution >= 0.6 is 11.3 Å². The average Bonchev–Trinajstić information content (AvgIpc) is 3.26. The molecule has 0 aliphatic carbocycles. The van der Waals surface area contributed by atoms with Crippen LogP contribution in [0, 0.1) is 0 Å². The van der Waals surface area contributed by atoms with Crippen LogP contribution in [0.3, 0.4) is 0 Å². The number of aromatic nitrogens is 1. The third-order valence-corrected chi connectivity index (χ3v) is 4.98. The Morgan fingerprint density at radius 2 is 1.77 bits per heavy atom. The molecule has 3 rings (SSSR count). The van der Waals surface area contributed by atoms with Gasteiger partial charge in [0.25, 0.3) is 11.8 Å². The maximum Gasteiger partial charge on any atom is 0.326 e. The third-order valence-electron chi connectivity index (χ3n) is 4.23. The van der Waals surface area contributed by atoms with Gasteiger partial charge in [0.05, 0.1) is 12.8 Å². The van der Waals surface area contributed by atoms with Gasteiger partial charge in [0.15, 0.2) is 11.2 Å². The summed E-state index contributed by atoms with van der Waals surface area (Å²) in [7, 11) is 1.53. The minimum absolute atomic E-state index is 0.363. The van der Waals surface area contributed by atoms with Gasteiger partial charge >= 0.3 is 5.97 Å². The SMILES string of the molecule is COc1ccc(C(=O)NCC(=O)OC(C)C(=O)Nc2nc(-c3ccccc3)cs2)cc1. The van der Waals surface area contributed by atoms with E-state index in [1.165, 1.54) is 25.4 Å². The molecular formula is C22H21N3O5S. The van der Waals surface area contributed by atoms with Crippen molar-refractivity contribution in [2.24, 2.45) is 0 Å². The number of esters is 1. The van der Waals surface area contributed by atoms with E-state index in [4.69, 9.17) is 9.47 Å². The molecule has 0 spiro atoms. The van der Waals surface area contributed by atoms with Crippen LogP contribution in [0.25, 0.3) is 11.3 Å². The van der Waals surface area contributed by atoms with Gasteiger partial charge < -0.3 is 14.8 Å². The molecule has 0 bridgehead atoms. The van der Waals surface area contributed by atoms with E-state index in [1.807, 2.05) is 35.7 Å². The molecule has 2 N–H and O–H groups in total. The van der Waals surface area contributed by atoms with E-state index in [9.17, 15) is 14.4 Å². The van der Waals surface area contributed by atoms with Crippen molar-refractivity contribution in [3.63, 3.8) is 0 Å². The Bertz CT molecular complexity index is 1050. The smallest absolute Gasteiger partial charge is 0.326 e. The Hall–Kier alpha value is -3.72. The molecule has 1 atom stereocenters. The van der Waals surface area contributed by atoms with Crippen molar-refractivity contribution in [1.82, 2.24) is 10.3 Å². The van der Waals surface area contributed by atoms with Gasteiger partial charge in [-0.1, -0.05) is 30.3 Å². The molecule has 2 aromatic carbocycles. The molecule has 1 unspecified atom stereocenters. The predicted molar refractivity (Wildman–Crippen MR) is 117 cm³/mol. The molecule has 1 aromatic heterocycles. The lowest BCUT2D eigenvalue weighted by atomic mass is 10.2. The van der Waals surface area contributed by atoms with Gasteiger partial charge in [0.1, 0.15) is 12.3 Å². The summed E-state index contributed by atoms with van der Waals surface area (Å²) >= 11 is 1.27. The first-order valence-corrected chi connectivity index (χ1v) is 10.3. The summed E-state index contributed by atoms with van der Waals surface area (Å²) in [5, 5.41) is 7.32. The van der Waals surface area contributed by atoms with Crippen molar-refractivity contribution in [2.45, 2.75) is 13.0 Å². The monoisotopic (exact) mass is 439 g/mol. The number of benzene rings is 2. The number of nitrogens with one attached hydrogen (secondary N) is 2. The maximum atomic E-state index is 12.3. The summed E-state index contributed by atoms with van der Waals surface area (Å²) in [6.45, 7) is 1.09. The number of methoxy groups -OCH3 is 1. The van der Waals surface area contributed by atoms with E-state index in [1.54, 1.807) is 24.3 Å². The van der Waals surface area contributed by atoms with Crippen LogP contribution in [-0.4, -0.2) is 42.5 Å². The van der Waals surface area contributed by atoms with Crippen LogP contribution in [0.1, 0.15) is 17.3 Å². The van der Waals surface area contributed by atoms with Crippen molar-refractivity contribution in [2.75, 3.05) is 19.0 Å². The van der Waals surface area contributed by atoms with Gasteiger partial charge in [0, 0.05) is 16.5 Å². The van der Waals surface area contributed by atoms with Crippen molar-refractivity contribution >= 4 is 34.3 Å². The Morgan fingerprint density at radius 3 is 2.45 bits per heavy atom. The Labute approximate surface area is 183 Å². The number of ether oxygens (including phenoxy) is 2. The first-order valence-electron chi connectivity index (χ1n) is 9.40. The van der Waals surface area contributed by atoms with Crippen LogP contribution in [0.5, 0.6) is 5.75 Å². The van der Waals surface area contributed by atoms with Crippen LogP contribution in [0.2, 0.25) is 0 Å². The first kappa shape index (κ1) is 22.0. The van der Waals surface area contributed by atoms with E-state index < -0.39 is 23.9 Å². The topological polar surface area (TPSA) is 107 Å². The molecule has 1 heterocycles. The van der Waals surface area contributed by atoms with Crippen molar-refractivity contribution in [3.8, 4) is 17.0 Å². The molecule has 0 aliphatic rings. The highest BCUT2D eigenvalue weighted by Crippen LogP contribution is 2.24. The lowest BCUT2D eigenvalue weighted by Crippen LogP contribution is -2.35. The fraction of sp³-hybridized carbons (Fsp3) is 0.182. The van der Waals surface area contributed by atoms with E-state index >= 15 is 0 Å². The Balaban J connectivity index is 1.46. The zero-order valence-electron chi connectivity index (χ0n) is 17.0. The molecule has 3 aromatic rings. The highest BCUT2D eigenvalue weighted by molar-refractivity contribution is 7.14. The molecule has 0 fully saturated rings. The van der Waals surface area contributed by atoms with E-state index in [-0.39, 0.29) is 6.54 Å². The number of hydrogen-bond acceptors (Lipinski definition) is 7. The van der Waals surface area contributed by atoms with Gasteiger partial charge in [-0.2, -0.15) is 0 Å². The lowest BCUT2D eigenvalue weighted by Gasteiger charge is -2.13. The minimum atomic E-state index is -1.05. The molecule has 0 radical (unpaired) electrons. The van der Waals surface area contributed by atoms with Gasteiger partial charge in [0.2, 0.25) is 0 Å². The predicted octanol–water partition coefficient (Wildman–Crippen LogP) is 3.12. The third kappa shape index (κ3) is 6.13. The highest BCUT2D eigenvalue weighted by atomic mass is 32.1. The zero-order chi connectivity index (χ0) is 22.2.